The molecule has 0 unspecified atom stereocenters. The molecule has 0 aromatic heterocycles. The first-order valence-electron chi connectivity index (χ1n) is 5.74. The van der Waals surface area contributed by atoms with E-state index >= 15 is 0 Å². The van der Waals surface area contributed by atoms with Crippen molar-refractivity contribution >= 4 is 23.0 Å². The van der Waals surface area contributed by atoms with Crippen molar-refractivity contribution in [3.05, 3.63) is 53.8 Å². The normalized spacial score (nSPS) is 10.0. The molecule has 0 saturated heterocycles. The Morgan fingerprint density at radius 2 is 1.84 bits per heavy atom. The van der Waals surface area contributed by atoms with Crippen LogP contribution in [0.1, 0.15) is 10.4 Å². The van der Waals surface area contributed by atoms with Gasteiger partial charge in [-0.25, -0.2) is 4.39 Å². The summed E-state index contributed by atoms with van der Waals surface area (Å²) in [5, 5.41) is 5.60. The number of halogens is 1. The van der Waals surface area contributed by atoms with Gasteiger partial charge >= 0.3 is 0 Å². The number of nitrogens with two attached hydrogens (primary N) is 1. The second-order valence-electron chi connectivity index (χ2n) is 4.02. The van der Waals surface area contributed by atoms with Gasteiger partial charge in [0.2, 0.25) is 0 Å². The molecule has 2 rings (SSSR count). The minimum atomic E-state index is -0.315. The standard InChI is InChI=1S/C14H14FN3O/c1-17-14(19)12-7-4-10(16)8-13(12)18-11-5-2-9(15)3-6-11/h2-8,18H,16H2,1H3,(H,17,19). The van der Waals surface area contributed by atoms with Gasteiger partial charge in [0, 0.05) is 18.4 Å². The van der Waals surface area contributed by atoms with Gasteiger partial charge in [0.25, 0.3) is 5.91 Å². The fourth-order valence-electron chi connectivity index (χ4n) is 1.69. The second-order valence-corrected chi connectivity index (χ2v) is 4.02. The minimum absolute atomic E-state index is 0.218. The summed E-state index contributed by atoms with van der Waals surface area (Å²) in [6, 6.07) is 10.8. The van der Waals surface area contributed by atoms with Crippen LogP contribution in [0.2, 0.25) is 0 Å². The van der Waals surface area contributed by atoms with E-state index in [9.17, 15) is 9.18 Å². The van der Waals surface area contributed by atoms with Gasteiger partial charge in [-0.1, -0.05) is 0 Å². The Balaban J connectivity index is 2.35. The van der Waals surface area contributed by atoms with Crippen LogP contribution in [0.4, 0.5) is 21.5 Å². The van der Waals surface area contributed by atoms with E-state index in [0.717, 1.165) is 0 Å². The number of anilines is 3. The van der Waals surface area contributed by atoms with Crippen LogP contribution in [0.3, 0.4) is 0 Å². The van der Waals surface area contributed by atoms with Crippen LogP contribution >= 0.6 is 0 Å². The first-order chi connectivity index (χ1) is 9.10. The van der Waals surface area contributed by atoms with Crippen molar-refractivity contribution in [2.45, 2.75) is 0 Å². The Morgan fingerprint density at radius 1 is 1.16 bits per heavy atom. The number of amides is 1. The van der Waals surface area contributed by atoms with Gasteiger partial charge in [-0.15, -0.1) is 0 Å². The molecule has 0 heterocycles. The molecule has 98 valence electrons. The summed E-state index contributed by atoms with van der Waals surface area (Å²) in [5.74, 6) is -0.533. The SMILES string of the molecule is CNC(=O)c1ccc(N)cc1Nc1ccc(F)cc1. The van der Waals surface area contributed by atoms with Crippen LogP contribution in [-0.2, 0) is 0 Å². The summed E-state index contributed by atoms with van der Waals surface area (Å²) < 4.78 is 12.8. The lowest BCUT2D eigenvalue weighted by molar-refractivity contribution is 0.0964. The van der Waals surface area contributed by atoms with Gasteiger partial charge in [0.15, 0.2) is 0 Å². The molecule has 0 radical (unpaired) electrons. The summed E-state index contributed by atoms with van der Waals surface area (Å²) in [5.41, 5.74) is 7.98. The highest BCUT2D eigenvalue weighted by atomic mass is 19.1. The molecule has 0 atom stereocenters. The zero-order valence-electron chi connectivity index (χ0n) is 10.4. The molecule has 0 aliphatic heterocycles. The molecule has 2 aromatic carbocycles. The van der Waals surface area contributed by atoms with E-state index < -0.39 is 0 Å². The maximum atomic E-state index is 12.8. The molecule has 1 amide bonds. The number of carbonyl (C=O) groups is 1. The summed E-state index contributed by atoms with van der Waals surface area (Å²) in [4.78, 5) is 11.7. The highest BCUT2D eigenvalue weighted by Crippen LogP contribution is 2.23. The van der Waals surface area contributed by atoms with Crippen LogP contribution in [-0.4, -0.2) is 13.0 Å². The first-order valence-corrected chi connectivity index (χ1v) is 5.74. The molecule has 0 aliphatic rings. The molecule has 5 heteroatoms. The Morgan fingerprint density at radius 3 is 2.47 bits per heavy atom. The molecular weight excluding hydrogens is 245 g/mol. The number of benzene rings is 2. The predicted octanol–water partition coefficient (Wildman–Crippen LogP) is 2.51. The molecule has 4 nitrogen and oxygen atoms in total. The number of nitrogen functional groups attached to an aromatic ring is 1. The van der Waals surface area contributed by atoms with Crippen molar-refractivity contribution in [3.63, 3.8) is 0 Å². The smallest absolute Gasteiger partial charge is 0.253 e. The van der Waals surface area contributed by atoms with Crippen molar-refractivity contribution in [1.29, 1.82) is 0 Å². The van der Waals surface area contributed by atoms with Crippen molar-refractivity contribution in [1.82, 2.24) is 5.32 Å². The zero-order chi connectivity index (χ0) is 13.8. The number of carbonyl (C=O) groups excluding carboxylic acids is 1. The largest absolute Gasteiger partial charge is 0.399 e. The highest BCUT2D eigenvalue weighted by molar-refractivity contribution is 6.00. The number of hydrogen-bond acceptors (Lipinski definition) is 3. The Hall–Kier alpha value is -2.56. The van der Waals surface area contributed by atoms with Crippen molar-refractivity contribution in [2.75, 3.05) is 18.1 Å². The fourth-order valence-corrected chi connectivity index (χ4v) is 1.69. The lowest BCUT2D eigenvalue weighted by atomic mass is 10.1. The third kappa shape index (κ3) is 3.01. The van der Waals surface area contributed by atoms with E-state index in [0.29, 0.717) is 22.6 Å². The van der Waals surface area contributed by atoms with E-state index in [1.165, 1.54) is 12.1 Å². The van der Waals surface area contributed by atoms with Crippen LogP contribution in [0.25, 0.3) is 0 Å². The predicted molar refractivity (Wildman–Crippen MR) is 73.9 cm³/mol. The van der Waals surface area contributed by atoms with Crippen LogP contribution in [0.5, 0.6) is 0 Å². The van der Waals surface area contributed by atoms with Gasteiger partial charge < -0.3 is 16.4 Å². The van der Waals surface area contributed by atoms with E-state index in [-0.39, 0.29) is 11.7 Å². The van der Waals surface area contributed by atoms with E-state index in [1.54, 1.807) is 37.4 Å². The highest BCUT2D eigenvalue weighted by Gasteiger charge is 2.10. The molecule has 0 bridgehead atoms. The molecule has 4 N–H and O–H groups in total. The van der Waals surface area contributed by atoms with Gasteiger partial charge in [0.05, 0.1) is 11.3 Å². The monoisotopic (exact) mass is 259 g/mol. The molecule has 0 saturated carbocycles. The molecule has 0 aliphatic carbocycles. The van der Waals surface area contributed by atoms with E-state index in [2.05, 4.69) is 10.6 Å². The quantitative estimate of drug-likeness (QED) is 0.742. The molecule has 0 spiro atoms. The average molecular weight is 259 g/mol. The topological polar surface area (TPSA) is 67.2 Å². The summed E-state index contributed by atoms with van der Waals surface area (Å²) >= 11 is 0. The zero-order valence-corrected chi connectivity index (χ0v) is 10.4. The summed E-state index contributed by atoms with van der Waals surface area (Å²) in [6.45, 7) is 0. The van der Waals surface area contributed by atoms with Crippen LogP contribution in [0, 0.1) is 5.82 Å². The van der Waals surface area contributed by atoms with E-state index in [4.69, 9.17) is 5.73 Å². The fraction of sp³-hybridized carbons (Fsp3) is 0.0714. The van der Waals surface area contributed by atoms with Gasteiger partial charge in [-0.05, 0) is 42.5 Å². The summed E-state index contributed by atoms with van der Waals surface area (Å²) in [6.07, 6.45) is 0. The molecular formula is C14H14FN3O. The lowest BCUT2D eigenvalue weighted by Gasteiger charge is -2.12. The van der Waals surface area contributed by atoms with Crippen LogP contribution in [0.15, 0.2) is 42.5 Å². The van der Waals surface area contributed by atoms with Crippen LogP contribution < -0.4 is 16.4 Å². The van der Waals surface area contributed by atoms with Crippen molar-refractivity contribution < 1.29 is 9.18 Å². The molecule has 19 heavy (non-hydrogen) atoms. The Bertz CT molecular complexity index is 596. The number of hydrogen-bond donors (Lipinski definition) is 3. The van der Waals surface area contributed by atoms with Crippen molar-refractivity contribution in [3.8, 4) is 0 Å². The number of rotatable bonds is 3. The minimum Gasteiger partial charge on any atom is -0.399 e. The maximum Gasteiger partial charge on any atom is 0.253 e. The Kier molecular flexibility index (Phi) is 3.66. The van der Waals surface area contributed by atoms with Gasteiger partial charge in [-0.2, -0.15) is 0 Å². The third-order valence-electron chi connectivity index (χ3n) is 2.64. The van der Waals surface area contributed by atoms with E-state index in [1.807, 2.05) is 0 Å². The van der Waals surface area contributed by atoms with Gasteiger partial charge in [0.1, 0.15) is 5.82 Å². The van der Waals surface area contributed by atoms with Gasteiger partial charge in [-0.3, -0.25) is 4.79 Å². The average Bonchev–Trinajstić information content (AvgIpc) is 2.41. The summed E-state index contributed by atoms with van der Waals surface area (Å²) in [7, 11) is 1.56. The second kappa shape index (κ2) is 5.39. The first kappa shape index (κ1) is 12.9. The maximum absolute atomic E-state index is 12.8. The Labute approximate surface area is 110 Å². The molecule has 2 aromatic rings. The number of nitrogens with one attached hydrogen (secondary N) is 2. The molecule has 0 fully saturated rings. The van der Waals surface area contributed by atoms with Crippen molar-refractivity contribution in [2.24, 2.45) is 0 Å². The lowest BCUT2D eigenvalue weighted by Crippen LogP contribution is -2.19. The third-order valence-corrected chi connectivity index (χ3v) is 2.64.